The third-order valence-electron chi connectivity index (χ3n) is 1.92. The lowest BCUT2D eigenvalue weighted by Crippen LogP contribution is -2.05. The normalized spacial score (nSPS) is 12.8. The van der Waals surface area contributed by atoms with Crippen molar-refractivity contribution in [2.24, 2.45) is 0 Å². The topological polar surface area (TPSA) is 73.3 Å². The number of aryl methyl sites for hydroxylation is 2. The molecule has 0 aliphatic heterocycles. The average molecular weight is 183 g/mol. The molecule has 0 bridgehead atoms. The van der Waals surface area contributed by atoms with Gasteiger partial charge >= 0.3 is 5.97 Å². The minimum atomic E-state index is -0.995. The number of hydrogen-bond acceptors (Lipinski definition) is 2. The third-order valence-corrected chi connectivity index (χ3v) is 1.92. The van der Waals surface area contributed by atoms with Gasteiger partial charge in [-0.1, -0.05) is 0 Å². The van der Waals surface area contributed by atoms with E-state index in [9.17, 15) is 9.90 Å². The van der Waals surface area contributed by atoms with E-state index in [4.69, 9.17) is 5.11 Å². The van der Waals surface area contributed by atoms with Crippen molar-refractivity contribution in [1.82, 2.24) is 4.98 Å². The first kappa shape index (κ1) is 9.80. The molecule has 3 N–H and O–H groups in total. The average Bonchev–Trinajstić information content (AvgIpc) is 2.28. The van der Waals surface area contributed by atoms with Gasteiger partial charge in [0.15, 0.2) is 0 Å². The van der Waals surface area contributed by atoms with E-state index in [0.29, 0.717) is 5.56 Å². The minimum Gasteiger partial charge on any atom is -0.481 e. The smallest absolute Gasteiger partial charge is 0.306 e. The van der Waals surface area contributed by atoms with Crippen molar-refractivity contribution in [2.45, 2.75) is 26.4 Å². The molecule has 1 aromatic heterocycles. The molecule has 4 nitrogen and oxygen atoms in total. The van der Waals surface area contributed by atoms with Crippen molar-refractivity contribution in [3.8, 4) is 0 Å². The number of rotatable bonds is 3. The van der Waals surface area contributed by atoms with Gasteiger partial charge in [-0.3, -0.25) is 4.79 Å². The molecule has 1 rings (SSSR count). The summed E-state index contributed by atoms with van der Waals surface area (Å²) in [6.45, 7) is 3.68. The van der Waals surface area contributed by atoms with E-state index in [2.05, 4.69) is 4.98 Å². The second kappa shape index (κ2) is 3.62. The van der Waals surface area contributed by atoms with Crippen molar-refractivity contribution in [2.75, 3.05) is 0 Å². The van der Waals surface area contributed by atoms with E-state index in [1.165, 1.54) is 0 Å². The van der Waals surface area contributed by atoms with Crippen LogP contribution in [0.15, 0.2) is 6.07 Å². The van der Waals surface area contributed by atoms with Crippen molar-refractivity contribution < 1.29 is 15.0 Å². The summed E-state index contributed by atoms with van der Waals surface area (Å²) in [6, 6.07) is 1.77. The molecular weight excluding hydrogens is 170 g/mol. The van der Waals surface area contributed by atoms with Crippen molar-refractivity contribution >= 4 is 5.97 Å². The Hall–Kier alpha value is -1.29. The van der Waals surface area contributed by atoms with E-state index in [-0.39, 0.29) is 6.42 Å². The van der Waals surface area contributed by atoms with Gasteiger partial charge in [0, 0.05) is 17.0 Å². The summed E-state index contributed by atoms with van der Waals surface area (Å²) in [7, 11) is 0. The number of hydrogen-bond donors (Lipinski definition) is 3. The van der Waals surface area contributed by atoms with Crippen LogP contribution in [0.1, 0.15) is 29.5 Å². The molecule has 0 fully saturated rings. The molecule has 13 heavy (non-hydrogen) atoms. The van der Waals surface area contributed by atoms with Crippen molar-refractivity contribution in [3.63, 3.8) is 0 Å². The van der Waals surface area contributed by atoms with Crippen LogP contribution >= 0.6 is 0 Å². The molecule has 72 valence electrons. The summed E-state index contributed by atoms with van der Waals surface area (Å²) in [4.78, 5) is 13.3. The highest BCUT2D eigenvalue weighted by molar-refractivity contribution is 5.67. The molecule has 0 saturated carbocycles. The van der Waals surface area contributed by atoms with Crippen LogP contribution in [0.25, 0.3) is 0 Å². The molecule has 0 aromatic carbocycles. The fourth-order valence-corrected chi connectivity index (χ4v) is 1.37. The van der Waals surface area contributed by atoms with Crippen LogP contribution in [-0.4, -0.2) is 21.2 Å². The highest BCUT2D eigenvalue weighted by Gasteiger charge is 2.15. The van der Waals surface area contributed by atoms with Crippen LogP contribution < -0.4 is 0 Å². The lowest BCUT2D eigenvalue weighted by molar-refractivity contribution is -0.139. The van der Waals surface area contributed by atoms with Gasteiger partial charge in [-0.05, 0) is 19.9 Å². The predicted molar refractivity (Wildman–Crippen MR) is 47.5 cm³/mol. The van der Waals surface area contributed by atoms with Gasteiger partial charge in [0.2, 0.25) is 0 Å². The minimum absolute atomic E-state index is 0.252. The Balaban J connectivity index is 2.81. The number of aromatic nitrogens is 1. The molecule has 0 saturated heterocycles. The number of aliphatic hydroxyl groups is 1. The first-order valence-corrected chi connectivity index (χ1v) is 4.06. The zero-order chi connectivity index (χ0) is 10.0. The first-order valence-electron chi connectivity index (χ1n) is 4.06. The predicted octanol–water partition coefficient (Wildman–Crippen LogP) is 1.14. The summed E-state index contributed by atoms with van der Waals surface area (Å²) in [5.74, 6) is -0.995. The SMILES string of the molecule is Cc1cc([C@@H](O)CC(=O)O)c(C)[nH]1. The number of H-pyrrole nitrogens is 1. The zero-order valence-electron chi connectivity index (χ0n) is 7.66. The number of aromatic amines is 1. The van der Waals surface area contributed by atoms with Gasteiger partial charge in [-0.25, -0.2) is 0 Å². The molecule has 4 heteroatoms. The summed E-state index contributed by atoms with van der Waals surface area (Å²) in [5.41, 5.74) is 2.42. The van der Waals surface area contributed by atoms with E-state index >= 15 is 0 Å². The molecule has 1 heterocycles. The van der Waals surface area contributed by atoms with E-state index in [1.807, 2.05) is 13.8 Å². The van der Waals surface area contributed by atoms with E-state index in [0.717, 1.165) is 11.4 Å². The Morgan fingerprint density at radius 2 is 2.23 bits per heavy atom. The van der Waals surface area contributed by atoms with E-state index in [1.54, 1.807) is 6.07 Å². The summed E-state index contributed by atoms with van der Waals surface area (Å²) >= 11 is 0. The van der Waals surface area contributed by atoms with Crippen molar-refractivity contribution in [3.05, 3.63) is 23.0 Å². The first-order chi connectivity index (χ1) is 6.00. The third kappa shape index (κ3) is 2.32. The lowest BCUT2D eigenvalue weighted by atomic mass is 10.1. The van der Waals surface area contributed by atoms with Gasteiger partial charge in [-0.15, -0.1) is 0 Å². The Morgan fingerprint density at radius 3 is 2.62 bits per heavy atom. The molecule has 0 spiro atoms. The number of nitrogens with one attached hydrogen (secondary N) is 1. The summed E-state index contributed by atoms with van der Waals surface area (Å²) in [5, 5.41) is 18.0. The quantitative estimate of drug-likeness (QED) is 0.657. The van der Waals surface area contributed by atoms with Gasteiger partial charge in [0.25, 0.3) is 0 Å². The number of carboxylic acids is 1. The highest BCUT2D eigenvalue weighted by atomic mass is 16.4. The second-order valence-corrected chi connectivity index (χ2v) is 3.15. The number of aliphatic carboxylic acids is 1. The molecule has 0 aliphatic carbocycles. The van der Waals surface area contributed by atoms with Gasteiger partial charge in [-0.2, -0.15) is 0 Å². The largest absolute Gasteiger partial charge is 0.481 e. The lowest BCUT2D eigenvalue weighted by Gasteiger charge is -2.06. The molecule has 0 unspecified atom stereocenters. The standard InChI is InChI=1S/C9H13NO3/c1-5-3-7(6(2)10-5)8(11)4-9(12)13/h3,8,10-11H,4H2,1-2H3,(H,12,13)/t8-/m0/s1. The Labute approximate surface area is 76.2 Å². The maximum atomic E-state index is 10.3. The maximum Gasteiger partial charge on any atom is 0.306 e. The molecule has 1 atom stereocenters. The van der Waals surface area contributed by atoms with Gasteiger partial charge < -0.3 is 15.2 Å². The van der Waals surface area contributed by atoms with Crippen LogP contribution in [0.2, 0.25) is 0 Å². The highest BCUT2D eigenvalue weighted by Crippen LogP contribution is 2.21. The number of aliphatic hydroxyl groups excluding tert-OH is 1. The monoisotopic (exact) mass is 183 g/mol. The molecule has 1 aromatic rings. The van der Waals surface area contributed by atoms with Crippen LogP contribution in [0.3, 0.4) is 0 Å². The Morgan fingerprint density at radius 1 is 1.62 bits per heavy atom. The fraction of sp³-hybridized carbons (Fsp3) is 0.444. The van der Waals surface area contributed by atoms with Crippen molar-refractivity contribution in [1.29, 1.82) is 0 Å². The summed E-state index contributed by atoms with van der Waals surface area (Å²) < 4.78 is 0. The Kier molecular flexibility index (Phi) is 2.72. The van der Waals surface area contributed by atoms with Crippen LogP contribution in [0.5, 0.6) is 0 Å². The number of carboxylic acid groups (broad SMARTS) is 1. The van der Waals surface area contributed by atoms with Crippen LogP contribution in [-0.2, 0) is 4.79 Å². The maximum absolute atomic E-state index is 10.3. The fourth-order valence-electron chi connectivity index (χ4n) is 1.37. The Bertz CT molecular complexity index is 317. The van der Waals surface area contributed by atoms with Crippen LogP contribution in [0.4, 0.5) is 0 Å². The molecule has 0 aliphatic rings. The van der Waals surface area contributed by atoms with E-state index < -0.39 is 12.1 Å². The van der Waals surface area contributed by atoms with Gasteiger partial charge in [0.1, 0.15) is 0 Å². The molecular formula is C9H13NO3. The molecule has 0 amide bonds. The van der Waals surface area contributed by atoms with Crippen LogP contribution in [0, 0.1) is 13.8 Å². The second-order valence-electron chi connectivity index (χ2n) is 3.15. The molecule has 0 radical (unpaired) electrons. The summed E-state index contributed by atoms with van der Waals surface area (Å²) in [6.07, 6.45) is -1.17. The zero-order valence-corrected chi connectivity index (χ0v) is 7.66. The number of carbonyl (C=O) groups is 1. The van der Waals surface area contributed by atoms with Gasteiger partial charge in [0.05, 0.1) is 12.5 Å².